The van der Waals surface area contributed by atoms with Crippen molar-refractivity contribution in [3.8, 4) is 0 Å². The topological polar surface area (TPSA) is 151 Å². The van der Waals surface area contributed by atoms with Gasteiger partial charge in [-0.3, -0.25) is 14.2 Å². The largest absolute Gasteiger partial charge is 0.394 e. The molecule has 2 rings (SSSR count). The van der Waals surface area contributed by atoms with Gasteiger partial charge >= 0.3 is 5.69 Å². The fraction of sp³-hybridized carbons (Fsp3) is 0.769. The number of anilines is 1. The van der Waals surface area contributed by atoms with E-state index >= 15 is 0 Å². The minimum absolute atomic E-state index is 0.0158. The average molecular weight is 621 g/mol. The molecule has 41 heavy (non-hydrogen) atoms. The van der Waals surface area contributed by atoms with Crippen LogP contribution < -0.4 is 11.0 Å². The predicted molar refractivity (Wildman–Crippen MR) is 158 cm³/mol. The van der Waals surface area contributed by atoms with Crippen molar-refractivity contribution in [2.75, 3.05) is 44.6 Å². The Morgan fingerprint density at radius 1 is 1.17 bits per heavy atom. The second-order valence-corrected chi connectivity index (χ2v) is 12.8. The van der Waals surface area contributed by atoms with E-state index in [1.165, 1.54) is 42.6 Å². The van der Waals surface area contributed by atoms with Gasteiger partial charge in [-0.05, 0) is 33.8 Å². The zero-order chi connectivity index (χ0) is 30.7. The van der Waals surface area contributed by atoms with Gasteiger partial charge in [-0.25, -0.2) is 9.46 Å². The summed E-state index contributed by atoms with van der Waals surface area (Å²) >= 11 is 1.26. The summed E-state index contributed by atoms with van der Waals surface area (Å²) in [6, 6.07) is 1.62. The molecular weight excluding hydrogens is 575 g/mol. The Kier molecular flexibility index (Phi) is 15.3. The maximum absolute atomic E-state index is 12.8. The first-order valence-electron chi connectivity index (χ1n) is 13.7. The van der Waals surface area contributed by atoms with Crippen LogP contribution in [0.3, 0.4) is 0 Å². The fourth-order valence-electron chi connectivity index (χ4n) is 4.19. The second kappa shape index (κ2) is 17.6. The molecule has 1 aromatic heterocycles. The SMILES string of the molecule is CO[C@H]1C(OP(OCCOCCSC(=O)C(C)C)N(C(C)C)C(C)C)[C@@H](CO)O[C@H]1n1ccc(NC(C)=O)nc1=O. The molecule has 234 valence electrons. The molecule has 1 fully saturated rings. The Labute approximate surface area is 247 Å². The Balaban J connectivity index is 2.16. The van der Waals surface area contributed by atoms with Crippen LogP contribution in [0.4, 0.5) is 5.82 Å². The molecule has 15 heteroatoms. The Morgan fingerprint density at radius 3 is 2.39 bits per heavy atom. The number of methoxy groups -OCH3 is 1. The Bertz CT molecular complexity index is 1020. The van der Waals surface area contributed by atoms with Crippen LogP contribution >= 0.6 is 20.3 Å². The number of aliphatic hydroxyl groups excluding tert-OH is 1. The number of amides is 1. The molecule has 5 atom stereocenters. The molecule has 0 saturated carbocycles. The van der Waals surface area contributed by atoms with Gasteiger partial charge in [0.15, 0.2) is 11.3 Å². The molecular formula is C26H45N4O9PS. The van der Waals surface area contributed by atoms with Crippen LogP contribution in [-0.2, 0) is 32.8 Å². The number of carbonyl (C=O) groups excluding carboxylic acids is 2. The quantitative estimate of drug-likeness (QED) is 0.195. The number of hydrogen-bond acceptors (Lipinski definition) is 12. The number of ether oxygens (including phenoxy) is 3. The van der Waals surface area contributed by atoms with Crippen LogP contribution in [-0.4, -0.2) is 100 Å². The monoisotopic (exact) mass is 620 g/mol. The molecule has 0 bridgehead atoms. The molecule has 1 aliphatic rings. The van der Waals surface area contributed by atoms with E-state index < -0.39 is 38.8 Å². The number of aromatic nitrogens is 2. The van der Waals surface area contributed by atoms with Crippen LogP contribution in [0.5, 0.6) is 0 Å². The number of thioether (sulfide) groups is 1. The number of nitrogens with one attached hydrogen (secondary N) is 1. The minimum atomic E-state index is -1.66. The number of hydrogen-bond donors (Lipinski definition) is 2. The van der Waals surface area contributed by atoms with Gasteiger partial charge < -0.3 is 33.7 Å². The Hall–Kier alpha value is -1.48. The molecule has 1 saturated heterocycles. The first-order chi connectivity index (χ1) is 19.4. The van der Waals surface area contributed by atoms with E-state index in [1.807, 2.05) is 41.5 Å². The van der Waals surface area contributed by atoms with Crippen LogP contribution in [0.2, 0.25) is 0 Å². The van der Waals surface area contributed by atoms with E-state index in [2.05, 4.69) is 15.0 Å². The highest BCUT2D eigenvalue weighted by atomic mass is 32.2. The summed E-state index contributed by atoms with van der Waals surface area (Å²) in [7, 11) is -0.185. The van der Waals surface area contributed by atoms with Gasteiger partial charge in [-0.2, -0.15) is 4.98 Å². The van der Waals surface area contributed by atoms with E-state index in [1.54, 1.807) is 0 Å². The first kappa shape index (κ1) is 35.7. The summed E-state index contributed by atoms with van der Waals surface area (Å²) in [5, 5.41) is 12.8. The molecule has 2 unspecified atom stereocenters. The van der Waals surface area contributed by atoms with Crippen molar-refractivity contribution < 1.29 is 38.0 Å². The maximum Gasteiger partial charge on any atom is 0.351 e. The molecule has 1 aromatic rings. The highest BCUT2D eigenvalue weighted by molar-refractivity contribution is 8.13. The summed E-state index contributed by atoms with van der Waals surface area (Å²) in [4.78, 5) is 39.8. The number of carbonyl (C=O) groups is 2. The van der Waals surface area contributed by atoms with Crippen LogP contribution in [0.25, 0.3) is 0 Å². The van der Waals surface area contributed by atoms with E-state index in [0.29, 0.717) is 19.0 Å². The van der Waals surface area contributed by atoms with Crippen molar-refractivity contribution in [1.82, 2.24) is 14.2 Å². The van der Waals surface area contributed by atoms with E-state index in [4.69, 9.17) is 23.3 Å². The van der Waals surface area contributed by atoms with Gasteiger partial charge in [0.1, 0.15) is 24.1 Å². The van der Waals surface area contributed by atoms with Crippen LogP contribution in [0.15, 0.2) is 17.1 Å². The van der Waals surface area contributed by atoms with Gasteiger partial charge in [0, 0.05) is 44.0 Å². The first-order valence-corrected chi connectivity index (χ1v) is 15.8. The van der Waals surface area contributed by atoms with Crippen molar-refractivity contribution in [3.63, 3.8) is 0 Å². The lowest BCUT2D eigenvalue weighted by Gasteiger charge is -2.38. The zero-order valence-corrected chi connectivity index (χ0v) is 26.9. The minimum Gasteiger partial charge on any atom is -0.394 e. The fourth-order valence-corrected chi connectivity index (χ4v) is 6.67. The normalized spacial score (nSPS) is 21.8. The van der Waals surface area contributed by atoms with Gasteiger partial charge in [-0.1, -0.05) is 25.6 Å². The zero-order valence-electron chi connectivity index (χ0n) is 25.1. The molecule has 1 aliphatic heterocycles. The van der Waals surface area contributed by atoms with E-state index in [-0.39, 0.29) is 48.1 Å². The van der Waals surface area contributed by atoms with E-state index in [0.717, 1.165) is 0 Å². The lowest BCUT2D eigenvalue weighted by molar-refractivity contribution is -0.114. The van der Waals surface area contributed by atoms with Crippen molar-refractivity contribution in [3.05, 3.63) is 22.7 Å². The lowest BCUT2D eigenvalue weighted by Crippen LogP contribution is -2.41. The van der Waals surface area contributed by atoms with Crippen molar-refractivity contribution in [2.45, 2.75) is 85.1 Å². The smallest absolute Gasteiger partial charge is 0.351 e. The molecule has 0 aromatic carbocycles. The van der Waals surface area contributed by atoms with Gasteiger partial charge in [-0.15, -0.1) is 0 Å². The van der Waals surface area contributed by atoms with Crippen LogP contribution in [0, 0.1) is 5.92 Å². The number of rotatable bonds is 17. The number of nitrogens with zero attached hydrogens (tertiary/aromatic N) is 3. The van der Waals surface area contributed by atoms with Crippen LogP contribution in [0.1, 0.15) is 54.7 Å². The molecule has 0 radical (unpaired) electrons. The Morgan fingerprint density at radius 2 is 1.85 bits per heavy atom. The summed E-state index contributed by atoms with van der Waals surface area (Å²) < 4.78 is 33.5. The van der Waals surface area contributed by atoms with Crippen molar-refractivity contribution in [2.24, 2.45) is 5.92 Å². The summed E-state index contributed by atoms with van der Waals surface area (Å²) in [5.74, 6) is 0.318. The van der Waals surface area contributed by atoms with Gasteiger partial charge in [0.25, 0.3) is 8.53 Å². The van der Waals surface area contributed by atoms with Gasteiger partial charge in [0.2, 0.25) is 5.91 Å². The summed E-state index contributed by atoms with van der Waals surface area (Å²) in [6.45, 7) is 13.8. The average Bonchev–Trinajstić information content (AvgIpc) is 3.23. The standard InChI is InChI=1S/C26H45N4O9PS/c1-16(2)25(33)41-14-13-36-11-12-37-40(30(17(3)4)18(5)6)39-22-20(15-31)38-24(23(22)35-8)29-10-9-21(27-19(7)32)28-26(29)34/h9-10,16-18,20,22-24,31H,11-15H2,1-8H3,(H,27,28,32,34)/t20-,22?,23+,24-,40?/m1/s1. The van der Waals surface area contributed by atoms with Crippen molar-refractivity contribution >= 4 is 37.1 Å². The third-order valence-corrected chi connectivity index (χ3v) is 9.23. The maximum atomic E-state index is 12.8. The van der Waals surface area contributed by atoms with Crippen molar-refractivity contribution in [1.29, 1.82) is 0 Å². The molecule has 0 spiro atoms. The second-order valence-electron chi connectivity index (χ2n) is 10.3. The molecule has 13 nitrogen and oxygen atoms in total. The highest BCUT2D eigenvalue weighted by Crippen LogP contribution is 2.50. The molecule has 2 N–H and O–H groups in total. The highest BCUT2D eigenvalue weighted by Gasteiger charge is 2.49. The van der Waals surface area contributed by atoms with E-state index in [9.17, 15) is 19.5 Å². The number of aliphatic hydroxyl groups is 1. The predicted octanol–water partition coefficient (Wildman–Crippen LogP) is 2.79. The summed E-state index contributed by atoms with van der Waals surface area (Å²) in [5.41, 5.74) is -0.657. The lowest BCUT2D eigenvalue weighted by atomic mass is 10.1. The summed E-state index contributed by atoms with van der Waals surface area (Å²) in [6.07, 6.45) is -1.85. The van der Waals surface area contributed by atoms with Gasteiger partial charge in [0.05, 0.1) is 26.4 Å². The third-order valence-electron chi connectivity index (χ3n) is 5.98. The molecule has 2 heterocycles. The molecule has 1 amide bonds. The third kappa shape index (κ3) is 10.6. The molecule has 0 aliphatic carbocycles.